The summed E-state index contributed by atoms with van der Waals surface area (Å²) >= 11 is 0. The lowest BCUT2D eigenvalue weighted by Crippen LogP contribution is -2.48. The zero-order valence-corrected chi connectivity index (χ0v) is 26.9. The molecule has 2 aliphatic heterocycles. The van der Waals surface area contributed by atoms with E-state index >= 15 is 0 Å². The second kappa shape index (κ2) is 13.0. The predicted molar refractivity (Wildman–Crippen MR) is 181 cm³/mol. The number of aromatic amines is 1. The van der Waals surface area contributed by atoms with Crippen LogP contribution in [0.3, 0.4) is 0 Å². The van der Waals surface area contributed by atoms with E-state index in [-0.39, 0.29) is 26.1 Å². The van der Waals surface area contributed by atoms with E-state index in [9.17, 15) is 9.59 Å². The van der Waals surface area contributed by atoms with E-state index in [1.54, 1.807) is 36.4 Å². The van der Waals surface area contributed by atoms with Gasteiger partial charge in [0.2, 0.25) is 11.8 Å². The minimum absolute atomic E-state index is 0.0868. The van der Waals surface area contributed by atoms with Crippen LogP contribution in [-0.2, 0) is 21.4 Å². The summed E-state index contributed by atoms with van der Waals surface area (Å²) in [5.74, 6) is 0.0519. The summed E-state index contributed by atoms with van der Waals surface area (Å²) in [7, 11) is 4.81. The second-order valence-corrected chi connectivity index (χ2v) is 11.9. The lowest BCUT2D eigenvalue weighted by molar-refractivity contribution is -0.138. The SMILES string of the molecule is [2H]C([2H])(C(=O)N1CC=C(c2ccc(-c3ncn(C)n3)cc2)CC1)N1CCC(OC)(C(=O)Nc2ccc3[nH]nc(-c4ccnc(OC)c4)c3c2)C1. The molecule has 48 heavy (non-hydrogen) atoms. The number of anilines is 1. The number of hydrogen-bond donors (Lipinski definition) is 2. The third-order valence-corrected chi connectivity index (χ3v) is 8.94. The van der Waals surface area contributed by atoms with E-state index in [1.165, 1.54) is 16.9 Å². The molecule has 1 saturated heterocycles. The van der Waals surface area contributed by atoms with Crippen LogP contribution in [0, 0.1) is 0 Å². The van der Waals surface area contributed by atoms with Crippen LogP contribution in [0.25, 0.3) is 39.1 Å². The Labute approximate surface area is 280 Å². The molecule has 7 rings (SSSR count). The van der Waals surface area contributed by atoms with Crippen LogP contribution >= 0.6 is 0 Å². The van der Waals surface area contributed by atoms with Crippen LogP contribution in [0.15, 0.2) is 73.2 Å². The molecule has 246 valence electrons. The molecule has 2 aromatic carbocycles. The Balaban J connectivity index is 1.01. The van der Waals surface area contributed by atoms with Gasteiger partial charge >= 0.3 is 0 Å². The van der Waals surface area contributed by atoms with Crippen molar-refractivity contribution in [1.29, 1.82) is 0 Å². The van der Waals surface area contributed by atoms with Crippen LogP contribution in [0.1, 0.15) is 21.1 Å². The predicted octanol–water partition coefficient (Wildman–Crippen LogP) is 3.77. The maximum atomic E-state index is 13.8. The lowest BCUT2D eigenvalue weighted by atomic mass is 9.98. The number of ether oxygens (including phenoxy) is 2. The molecule has 2 N–H and O–H groups in total. The molecule has 5 heterocycles. The number of hydrogen-bond acceptors (Lipinski definition) is 9. The number of aryl methyl sites for hydroxylation is 1. The topological polar surface area (TPSA) is 143 Å². The van der Waals surface area contributed by atoms with Gasteiger partial charge in [-0.2, -0.15) is 10.2 Å². The van der Waals surface area contributed by atoms with Crippen molar-refractivity contribution in [1.82, 2.24) is 39.7 Å². The number of aromatic nitrogens is 6. The molecule has 2 amide bonds. The van der Waals surface area contributed by atoms with Crippen molar-refractivity contribution in [2.75, 3.05) is 52.2 Å². The minimum atomic E-state index is -2.33. The highest BCUT2D eigenvalue weighted by atomic mass is 16.5. The van der Waals surface area contributed by atoms with Gasteiger partial charge in [-0.15, -0.1) is 0 Å². The normalized spacial score (nSPS) is 19.1. The standard InChI is InChI=1S/C35H37N9O4/c1-42-22-37-33(41-42)25-6-4-23(5-7-25)24-11-15-44(16-12-24)31(45)20-43-17-13-35(21-43,48-3)34(46)38-27-8-9-29-28(19-27)32(40-39-29)26-10-14-36-30(18-26)47-2/h4-11,14,18-19,22H,12-13,15-17,20-21H2,1-3H3,(H,38,46)(H,39,40)/i20D2. The summed E-state index contributed by atoms with van der Waals surface area (Å²) in [4.78, 5) is 38.7. The Hall–Kier alpha value is -5.40. The first-order chi connectivity index (χ1) is 24.1. The summed E-state index contributed by atoms with van der Waals surface area (Å²) in [6, 6.07) is 17.0. The van der Waals surface area contributed by atoms with Gasteiger partial charge in [-0.25, -0.2) is 9.97 Å². The highest BCUT2D eigenvalue weighted by molar-refractivity contribution is 6.01. The second-order valence-electron chi connectivity index (χ2n) is 11.9. The summed E-state index contributed by atoms with van der Waals surface area (Å²) in [5, 5.41) is 15.6. The van der Waals surface area contributed by atoms with Crippen LogP contribution in [0.4, 0.5) is 5.69 Å². The van der Waals surface area contributed by atoms with Crippen LogP contribution < -0.4 is 10.1 Å². The number of likely N-dealkylation sites (tertiary alicyclic amines) is 1. The molecule has 0 bridgehead atoms. The number of methoxy groups -OCH3 is 2. The molecule has 1 unspecified atom stereocenters. The lowest BCUT2D eigenvalue weighted by Gasteiger charge is -2.30. The molecule has 2 aliphatic rings. The molecule has 5 aromatic rings. The number of carbonyl (C=O) groups excluding carboxylic acids is 2. The molecular formula is C35H37N9O4. The Kier molecular flexibility index (Phi) is 7.80. The van der Waals surface area contributed by atoms with Gasteiger partial charge in [0.05, 0.1) is 21.9 Å². The molecule has 13 heteroatoms. The maximum absolute atomic E-state index is 13.8. The smallest absolute Gasteiger partial charge is 0.258 e. The first kappa shape index (κ1) is 28.8. The van der Waals surface area contributed by atoms with Crippen molar-refractivity contribution in [3.05, 3.63) is 78.8 Å². The maximum Gasteiger partial charge on any atom is 0.258 e. The highest BCUT2D eigenvalue weighted by Crippen LogP contribution is 2.32. The number of fused-ring (bicyclic) bond motifs is 1. The van der Waals surface area contributed by atoms with Crippen molar-refractivity contribution in [2.24, 2.45) is 7.05 Å². The van der Waals surface area contributed by atoms with E-state index < -0.39 is 23.9 Å². The average molecular weight is 650 g/mol. The first-order valence-electron chi connectivity index (χ1n) is 16.7. The van der Waals surface area contributed by atoms with E-state index in [2.05, 4.69) is 30.6 Å². The highest BCUT2D eigenvalue weighted by Gasteiger charge is 2.45. The number of nitrogens with zero attached hydrogens (tertiary/aromatic N) is 7. The zero-order valence-electron chi connectivity index (χ0n) is 28.9. The number of carbonyl (C=O) groups is 2. The Morgan fingerprint density at radius 2 is 1.88 bits per heavy atom. The van der Waals surface area contributed by atoms with E-state index in [4.69, 9.17) is 12.2 Å². The summed E-state index contributed by atoms with van der Waals surface area (Å²) < 4.78 is 30.4. The van der Waals surface area contributed by atoms with Gasteiger partial charge in [0.15, 0.2) is 11.4 Å². The molecule has 1 atom stereocenters. The van der Waals surface area contributed by atoms with E-state index in [1.807, 2.05) is 55.6 Å². The average Bonchev–Trinajstić information content (AvgIpc) is 3.90. The Morgan fingerprint density at radius 1 is 1.04 bits per heavy atom. The number of pyridine rings is 1. The summed E-state index contributed by atoms with van der Waals surface area (Å²) in [6.07, 6.45) is 6.07. The van der Waals surface area contributed by atoms with E-state index in [0.29, 0.717) is 36.1 Å². The van der Waals surface area contributed by atoms with Gasteiger partial charge in [0, 0.05) is 74.8 Å². The molecule has 1 fully saturated rings. The fourth-order valence-electron chi connectivity index (χ4n) is 6.17. The largest absolute Gasteiger partial charge is 0.481 e. The van der Waals surface area contributed by atoms with Crippen molar-refractivity contribution < 1.29 is 21.8 Å². The van der Waals surface area contributed by atoms with Gasteiger partial charge in [0.1, 0.15) is 12.0 Å². The third kappa shape index (κ3) is 6.17. The zero-order chi connectivity index (χ0) is 35.0. The van der Waals surface area contributed by atoms with Gasteiger partial charge in [-0.3, -0.25) is 24.3 Å². The molecule has 0 spiro atoms. The van der Waals surface area contributed by atoms with Crippen LogP contribution in [0.5, 0.6) is 5.88 Å². The Morgan fingerprint density at radius 3 is 2.60 bits per heavy atom. The van der Waals surface area contributed by atoms with E-state index in [0.717, 1.165) is 33.2 Å². The van der Waals surface area contributed by atoms with Gasteiger partial charge in [0.25, 0.3) is 5.91 Å². The Bertz CT molecular complexity index is 2100. The van der Waals surface area contributed by atoms with Gasteiger partial charge < -0.3 is 19.7 Å². The molecule has 0 saturated carbocycles. The molecule has 3 aromatic heterocycles. The van der Waals surface area contributed by atoms with Crippen LogP contribution in [0.2, 0.25) is 0 Å². The first-order valence-corrected chi connectivity index (χ1v) is 15.7. The van der Waals surface area contributed by atoms with Crippen molar-refractivity contribution >= 4 is 34.0 Å². The fraction of sp³-hybridized carbons (Fsp3) is 0.314. The molecule has 0 aliphatic carbocycles. The summed E-state index contributed by atoms with van der Waals surface area (Å²) in [6.45, 7) is -1.59. The van der Waals surface area contributed by atoms with Gasteiger partial charge in [-0.1, -0.05) is 30.3 Å². The monoisotopic (exact) mass is 649 g/mol. The third-order valence-electron chi connectivity index (χ3n) is 8.94. The van der Waals surface area contributed by atoms with Crippen LogP contribution in [-0.4, -0.2) is 104 Å². The molecular weight excluding hydrogens is 610 g/mol. The molecule has 13 nitrogen and oxygen atoms in total. The number of H-pyrrole nitrogens is 1. The number of amides is 2. The van der Waals surface area contributed by atoms with Crippen molar-refractivity contribution in [3.8, 4) is 28.5 Å². The van der Waals surface area contributed by atoms with Crippen molar-refractivity contribution in [2.45, 2.75) is 18.4 Å². The van der Waals surface area contributed by atoms with Gasteiger partial charge in [-0.05, 0) is 48.2 Å². The number of benzene rings is 2. The number of nitrogens with one attached hydrogen (secondary N) is 2. The summed E-state index contributed by atoms with van der Waals surface area (Å²) in [5.41, 5.74) is 4.47. The molecule has 0 radical (unpaired) electrons. The van der Waals surface area contributed by atoms with Crippen molar-refractivity contribution in [3.63, 3.8) is 0 Å². The number of rotatable bonds is 9. The fourth-order valence-corrected chi connectivity index (χ4v) is 6.17. The quantitative estimate of drug-likeness (QED) is 0.244. The minimum Gasteiger partial charge on any atom is -0.481 e.